The van der Waals surface area contributed by atoms with Crippen LogP contribution in [0.4, 0.5) is 11.4 Å². The minimum atomic E-state index is -0.242. The van der Waals surface area contributed by atoms with Crippen molar-refractivity contribution in [2.24, 2.45) is 0 Å². The summed E-state index contributed by atoms with van der Waals surface area (Å²) in [4.78, 5) is 23.9. The third-order valence-electron chi connectivity index (χ3n) is 3.39. The Morgan fingerprint density at radius 1 is 1.08 bits per heavy atom. The highest BCUT2D eigenvalue weighted by molar-refractivity contribution is 6.36. The van der Waals surface area contributed by atoms with Crippen molar-refractivity contribution in [1.82, 2.24) is 5.32 Å². The second-order valence-electron chi connectivity index (χ2n) is 5.35. The molecule has 6 nitrogen and oxygen atoms in total. The summed E-state index contributed by atoms with van der Waals surface area (Å²) in [5.41, 5.74) is 1.71. The SMILES string of the molecule is COCCNC(=O)c1ccc(NC(=O)CNc2ccc(Cl)cc2Cl)cc1. The molecule has 0 aromatic heterocycles. The number of nitrogens with one attached hydrogen (secondary N) is 3. The van der Waals surface area contributed by atoms with E-state index in [0.29, 0.717) is 40.1 Å². The molecule has 0 radical (unpaired) electrons. The van der Waals surface area contributed by atoms with E-state index in [1.165, 1.54) is 0 Å². The van der Waals surface area contributed by atoms with Crippen molar-refractivity contribution >= 4 is 46.4 Å². The summed E-state index contributed by atoms with van der Waals surface area (Å²) in [6, 6.07) is 11.6. The fourth-order valence-electron chi connectivity index (χ4n) is 2.09. The van der Waals surface area contributed by atoms with Gasteiger partial charge in [0.15, 0.2) is 0 Å². The van der Waals surface area contributed by atoms with Crippen LogP contribution in [0.2, 0.25) is 10.0 Å². The standard InChI is InChI=1S/C18H19Cl2N3O3/c1-26-9-8-21-18(25)12-2-5-14(6-3-12)23-17(24)11-22-16-7-4-13(19)10-15(16)20/h2-7,10,22H,8-9,11H2,1H3,(H,21,25)(H,23,24). The van der Waals surface area contributed by atoms with Crippen molar-refractivity contribution in [3.8, 4) is 0 Å². The Bertz CT molecular complexity index is 767. The third kappa shape index (κ3) is 6.22. The molecule has 26 heavy (non-hydrogen) atoms. The van der Waals surface area contributed by atoms with Crippen molar-refractivity contribution in [3.05, 3.63) is 58.1 Å². The van der Waals surface area contributed by atoms with Crippen molar-refractivity contribution in [3.63, 3.8) is 0 Å². The van der Waals surface area contributed by atoms with E-state index >= 15 is 0 Å². The highest BCUT2D eigenvalue weighted by Gasteiger charge is 2.07. The van der Waals surface area contributed by atoms with Gasteiger partial charge in [0.05, 0.1) is 23.9 Å². The minimum absolute atomic E-state index is 0.0423. The predicted octanol–water partition coefficient (Wildman–Crippen LogP) is 3.42. The molecule has 0 heterocycles. The largest absolute Gasteiger partial charge is 0.383 e. The lowest BCUT2D eigenvalue weighted by molar-refractivity contribution is -0.114. The van der Waals surface area contributed by atoms with Gasteiger partial charge in [-0.3, -0.25) is 9.59 Å². The van der Waals surface area contributed by atoms with E-state index < -0.39 is 0 Å². The van der Waals surface area contributed by atoms with Crippen LogP contribution in [-0.4, -0.2) is 38.6 Å². The normalized spacial score (nSPS) is 10.3. The fourth-order valence-corrected chi connectivity index (χ4v) is 2.56. The lowest BCUT2D eigenvalue weighted by Crippen LogP contribution is -2.27. The van der Waals surface area contributed by atoms with Gasteiger partial charge in [0.1, 0.15) is 0 Å². The Balaban J connectivity index is 1.84. The van der Waals surface area contributed by atoms with Crippen LogP contribution in [0.3, 0.4) is 0 Å². The molecule has 2 aromatic rings. The topological polar surface area (TPSA) is 79.5 Å². The van der Waals surface area contributed by atoms with Gasteiger partial charge in [0.25, 0.3) is 5.91 Å². The van der Waals surface area contributed by atoms with Crippen LogP contribution in [-0.2, 0) is 9.53 Å². The maximum absolute atomic E-state index is 12.0. The molecule has 0 saturated heterocycles. The molecule has 0 spiro atoms. The molecule has 2 rings (SSSR count). The predicted molar refractivity (Wildman–Crippen MR) is 104 cm³/mol. The highest BCUT2D eigenvalue weighted by atomic mass is 35.5. The van der Waals surface area contributed by atoms with Crippen LogP contribution in [0.5, 0.6) is 0 Å². The van der Waals surface area contributed by atoms with Crippen LogP contribution in [0.1, 0.15) is 10.4 Å². The van der Waals surface area contributed by atoms with Crippen LogP contribution in [0.15, 0.2) is 42.5 Å². The first-order chi connectivity index (χ1) is 12.5. The van der Waals surface area contributed by atoms with Gasteiger partial charge in [-0.1, -0.05) is 23.2 Å². The van der Waals surface area contributed by atoms with Gasteiger partial charge < -0.3 is 20.7 Å². The summed E-state index contributed by atoms with van der Waals surface area (Å²) >= 11 is 11.9. The Hall–Kier alpha value is -2.28. The molecule has 0 saturated carbocycles. The molecule has 2 aromatic carbocycles. The van der Waals surface area contributed by atoms with E-state index in [1.54, 1.807) is 49.6 Å². The number of ether oxygens (including phenoxy) is 1. The Labute approximate surface area is 161 Å². The third-order valence-corrected chi connectivity index (χ3v) is 3.94. The molecule has 0 aliphatic carbocycles. The Morgan fingerprint density at radius 3 is 2.46 bits per heavy atom. The van der Waals surface area contributed by atoms with Gasteiger partial charge in [-0.05, 0) is 42.5 Å². The second kappa shape index (κ2) is 10.0. The minimum Gasteiger partial charge on any atom is -0.383 e. The summed E-state index contributed by atoms with van der Waals surface area (Å²) in [6.07, 6.45) is 0. The molecule has 8 heteroatoms. The van der Waals surface area contributed by atoms with Crippen LogP contribution < -0.4 is 16.0 Å². The summed E-state index contributed by atoms with van der Waals surface area (Å²) < 4.78 is 4.88. The maximum atomic E-state index is 12.0. The lowest BCUT2D eigenvalue weighted by atomic mass is 10.2. The number of hydrogen-bond donors (Lipinski definition) is 3. The van der Waals surface area contributed by atoms with E-state index in [1.807, 2.05) is 0 Å². The summed E-state index contributed by atoms with van der Waals surface area (Å²) in [6.45, 7) is 0.928. The molecule has 138 valence electrons. The summed E-state index contributed by atoms with van der Waals surface area (Å²) in [5.74, 6) is -0.438. The van der Waals surface area contributed by atoms with Crippen molar-refractivity contribution in [2.75, 3.05) is 37.4 Å². The molecular formula is C18H19Cl2N3O3. The fraction of sp³-hybridized carbons (Fsp3) is 0.222. The van der Waals surface area contributed by atoms with E-state index in [-0.39, 0.29) is 18.4 Å². The Kier molecular flexibility index (Phi) is 7.72. The van der Waals surface area contributed by atoms with Gasteiger partial charge in [0.2, 0.25) is 5.91 Å². The van der Waals surface area contributed by atoms with Gasteiger partial charge in [-0.25, -0.2) is 0 Å². The van der Waals surface area contributed by atoms with Gasteiger partial charge in [0, 0.05) is 29.9 Å². The number of anilines is 2. The molecule has 0 fully saturated rings. The number of hydrogen-bond acceptors (Lipinski definition) is 4. The lowest BCUT2D eigenvalue weighted by Gasteiger charge is -2.10. The molecule has 0 aliphatic rings. The average molecular weight is 396 g/mol. The molecule has 0 unspecified atom stereocenters. The monoisotopic (exact) mass is 395 g/mol. The van der Waals surface area contributed by atoms with Crippen molar-refractivity contribution in [1.29, 1.82) is 0 Å². The van der Waals surface area contributed by atoms with Crippen LogP contribution >= 0.6 is 23.2 Å². The molecule has 2 amide bonds. The number of benzene rings is 2. The van der Waals surface area contributed by atoms with Crippen LogP contribution in [0, 0.1) is 0 Å². The second-order valence-corrected chi connectivity index (χ2v) is 6.20. The zero-order chi connectivity index (χ0) is 18.9. The zero-order valence-electron chi connectivity index (χ0n) is 14.1. The van der Waals surface area contributed by atoms with E-state index in [9.17, 15) is 9.59 Å². The van der Waals surface area contributed by atoms with E-state index in [0.717, 1.165) is 0 Å². The molecule has 3 N–H and O–H groups in total. The smallest absolute Gasteiger partial charge is 0.251 e. The van der Waals surface area contributed by atoms with Crippen molar-refractivity contribution < 1.29 is 14.3 Å². The molecule has 0 aliphatic heterocycles. The first kappa shape index (κ1) is 20.0. The first-order valence-electron chi connectivity index (χ1n) is 7.85. The number of methoxy groups -OCH3 is 1. The molecular weight excluding hydrogens is 377 g/mol. The van der Waals surface area contributed by atoms with Crippen LogP contribution in [0.25, 0.3) is 0 Å². The zero-order valence-corrected chi connectivity index (χ0v) is 15.7. The maximum Gasteiger partial charge on any atom is 0.251 e. The van der Waals surface area contributed by atoms with E-state index in [4.69, 9.17) is 27.9 Å². The summed E-state index contributed by atoms with van der Waals surface area (Å²) in [7, 11) is 1.57. The van der Waals surface area contributed by atoms with E-state index in [2.05, 4.69) is 16.0 Å². The average Bonchev–Trinajstić information content (AvgIpc) is 2.61. The number of carbonyl (C=O) groups is 2. The van der Waals surface area contributed by atoms with Gasteiger partial charge in [-0.2, -0.15) is 0 Å². The number of rotatable bonds is 8. The van der Waals surface area contributed by atoms with Crippen molar-refractivity contribution in [2.45, 2.75) is 0 Å². The first-order valence-corrected chi connectivity index (χ1v) is 8.61. The summed E-state index contributed by atoms with van der Waals surface area (Å²) in [5, 5.41) is 9.37. The highest BCUT2D eigenvalue weighted by Crippen LogP contribution is 2.25. The van der Waals surface area contributed by atoms with Gasteiger partial charge in [-0.15, -0.1) is 0 Å². The molecule has 0 atom stereocenters. The number of halogens is 2. The van der Waals surface area contributed by atoms with Gasteiger partial charge >= 0.3 is 0 Å². The Morgan fingerprint density at radius 2 is 1.81 bits per heavy atom. The quantitative estimate of drug-likeness (QED) is 0.598. The number of carbonyl (C=O) groups excluding carboxylic acids is 2. The number of amides is 2. The molecule has 0 bridgehead atoms.